The number of halogens is 2. The predicted molar refractivity (Wildman–Crippen MR) is 88.9 cm³/mol. The summed E-state index contributed by atoms with van der Waals surface area (Å²) in [6.45, 7) is 4.09. The number of aromatic nitrogens is 2. The van der Waals surface area contributed by atoms with E-state index in [2.05, 4.69) is 23.0 Å². The highest BCUT2D eigenvalue weighted by molar-refractivity contribution is 6.38. The van der Waals surface area contributed by atoms with Crippen LogP contribution in [-0.2, 0) is 0 Å². The Hall–Kier alpha value is -1.84. The molecule has 5 heteroatoms. The summed E-state index contributed by atoms with van der Waals surface area (Å²) in [6.07, 6.45) is 0. The molecular weight excluding hydrogens is 305 g/mol. The average molecular weight is 318 g/mol. The minimum atomic E-state index is 0.375. The maximum absolute atomic E-state index is 6.23. The van der Waals surface area contributed by atoms with E-state index in [1.165, 1.54) is 5.56 Å². The molecular formula is C16H13Cl2N3. The lowest BCUT2D eigenvalue weighted by Gasteiger charge is -2.10. The summed E-state index contributed by atoms with van der Waals surface area (Å²) in [7, 11) is 0. The van der Waals surface area contributed by atoms with E-state index >= 15 is 0 Å². The topological polar surface area (TPSA) is 51.8 Å². The van der Waals surface area contributed by atoms with Crippen LogP contribution < -0.4 is 5.73 Å². The molecule has 0 amide bonds. The number of nitrogens with two attached hydrogens (primary N) is 1. The fourth-order valence-corrected chi connectivity index (χ4v) is 2.83. The summed E-state index contributed by atoms with van der Waals surface area (Å²) in [5.41, 5.74) is 9.92. The van der Waals surface area contributed by atoms with Crippen LogP contribution in [0, 0.1) is 13.8 Å². The van der Waals surface area contributed by atoms with Gasteiger partial charge in [-0.05, 0) is 37.1 Å². The van der Waals surface area contributed by atoms with Crippen molar-refractivity contribution in [2.24, 2.45) is 0 Å². The highest BCUT2D eigenvalue weighted by atomic mass is 35.5. The normalized spacial score (nSPS) is 11.0. The van der Waals surface area contributed by atoms with E-state index in [-0.39, 0.29) is 0 Å². The van der Waals surface area contributed by atoms with E-state index in [1.54, 1.807) is 12.1 Å². The summed E-state index contributed by atoms with van der Waals surface area (Å²) in [5, 5.41) is 1.65. The van der Waals surface area contributed by atoms with Crippen molar-refractivity contribution >= 4 is 39.9 Å². The molecule has 0 aliphatic rings. The number of anilines is 1. The Morgan fingerprint density at radius 2 is 1.81 bits per heavy atom. The van der Waals surface area contributed by atoms with Gasteiger partial charge < -0.3 is 5.73 Å². The quantitative estimate of drug-likeness (QED) is 0.701. The molecule has 21 heavy (non-hydrogen) atoms. The largest absolute Gasteiger partial charge is 0.383 e. The van der Waals surface area contributed by atoms with Crippen LogP contribution >= 0.6 is 23.2 Å². The van der Waals surface area contributed by atoms with Gasteiger partial charge in [-0.3, -0.25) is 0 Å². The molecule has 3 rings (SSSR count). The van der Waals surface area contributed by atoms with Crippen molar-refractivity contribution in [2.45, 2.75) is 13.8 Å². The van der Waals surface area contributed by atoms with Crippen LogP contribution in [0.3, 0.4) is 0 Å². The van der Waals surface area contributed by atoms with Crippen molar-refractivity contribution in [1.29, 1.82) is 0 Å². The number of hydrogen-bond donors (Lipinski definition) is 1. The predicted octanol–water partition coefficient (Wildman–Crippen LogP) is 4.80. The third-order valence-corrected chi connectivity index (χ3v) is 4.10. The molecule has 0 bridgehead atoms. The van der Waals surface area contributed by atoms with E-state index < -0.39 is 0 Å². The van der Waals surface area contributed by atoms with E-state index in [9.17, 15) is 0 Å². The number of nitrogen functional groups attached to an aromatic ring is 1. The molecule has 0 atom stereocenters. The SMILES string of the molecule is Cc1cccc(-c2nc(N)c3cc(Cl)cc(Cl)c3n2)c1C. The zero-order chi connectivity index (χ0) is 15.1. The third kappa shape index (κ3) is 2.43. The Morgan fingerprint density at radius 3 is 2.57 bits per heavy atom. The molecule has 2 N–H and O–H groups in total. The minimum Gasteiger partial charge on any atom is -0.383 e. The number of hydrogen-bond acceptors (Lipinski definition) is 3. The van der Waals surface area contributed by atoms with Gasteiger partial charge >= 0.3 is 0 Å². The zero-order valence-electron chi connectivity index (χ0n) is 11.6. The van der Waals surface area contributed by atoms with E-state index in [1.807, 2.05) is 19.1 Å². The molecule has 3 aromatic rings. The van der Waals surface area contributed by atoms with Gasteiger partial charge in [0.05, 0.1) is 10.5 Å². The van der Waals surface area contributed by atoms with Gasteiger partial charge in [-0.2, -0.15) is 0 Å². The number of aryl methyl sites for hydroxylation is 1. The first kappa shape index (κ1) is 14.1. The Kier molecular flexibility index (Phi) is 3.47. The van der Waals surface area contributed by atoms with Crippen LogP contribution in [0.15, 0.2) is 30.3 Å². The lowest BCUT2D eigenvalue weighted by molar-refractivity contribution is 1.21. The molecule has 106 valence electrons. The first-order chi connectivity index (χ1) is 9.97. The summed E-state index contributed by atoms with van der Waals surface area (Å²) in [6, 6.07) is 9.39. The molecule has 0 unspecified atom stereocenters. The average Bonchev–Trinajstić information content (AvgIpc) is 2.43. The monoisotopic (exact) mass is 317 g/mol. The molecule has 0 fully saturated rings. The molecule has 1 aromatic heterocycles. The molecule has 0 saturated heterocycles. The van der Waals surface area contributed by atoms with Crippen molar-refractivity contribution < 1.29 is 0 Å². The zero-order valence-corrected chi connectivity index (χ0v) is 13.1. The molecule has 0 radical (unpaired) electrons. The van der Waals surface area contributed by atoms with Crippen LogP contribution in [0.25, 0.3) is 22.3 Å². The molecule has 1 heterocycles. The van der Waals surface area contributed by atoms with Gasteiger partial charge in [-0.25, -0.2) is 9.97 Å². The van der Waals surface area contributed by atoms with Crippen molar-refractivity contribution in [3.8, 4) is 11.4 Å². The smallest absolute Gasteiger partial charge is 0.162 e. The number of benzene rings is 2. The Labute approximate surface area is 132 Å². The van der Waals surface area contributed by atoms with Crippen molar-refractivity contribution in [1.82, 2.24) is 9.97 Å². The molecule has 0 spiro atoms. The maximum Gasteiger partial charge on any atom is 0.162 e. The third-order valence-electron chi connectivity index (χ3n) is 3.59. The maximum atomic E-state index is 6.23. The summed E-state index contributed by atoms with van der Waals surface area (Å²) < 4.78 is 0. The number of fused-ring (bicyclic) bond motifs is 1. The standard InChI is InChI=1S/C16H13Cl2N3/c1-8-4-3-5-11(9(8)2)16-20-14-12(15(19)21-16)6-10(17)7-13(14)18/h3-7H,1-2H3,(H2,19,20,21). The van der Waals surface area contributed by atoms with Crippen LogP contribution in [0.4, 0.5) is 5.82 Å². The molecule has 3 nitrogen and oxygen atoms in total. The van der Waals surface area contributed by atoms with Gasteiger partial charge in [-0.15, -0.1) is 0 Å². The van der Waals surface area contributed by atoms with Gasteiger partial charge in [0.2, 0.25) is 0 Å². The van der Waals surface area contributed by atoms with Crippen molar-refractivity contribution in [3.05, 3.63) is 51.5 Å². The van der Waals surface area contributed by atoms with Gasteiger partial charge in [0.15, 0.2) is 5.82 Å². The second kappa shape index (κ2) is 5.17. The lowest BCUT2D eigenvalue weighted by atomic mass is 10.0. The fraction of sp³-hybridized carbons (Fsp3) is 0.125. The van der Waals surface area contributed by atoms with Crippen LogP contribution in [0.1, 0.15) is 11.1 Å². The first-order valence-electron chi connectivity index (χ1n) is 6.46. The van der Waals surface area contributed by atoms with E-state index in [0.29, 0.717) is 32.6 Å². The Balaban J connectivity index is 2.33. The van der Waals surface area contributed by atoms with Crippen molar-refractivity contribution in [3.63, 3.8) is 0 Å². The van der Waals surface area contributed by atoms with E-state index in [4.69, 9.17) is 28.9 Å². The van der Waals surface area contributed by atoms with Crippen LogP contribution in [0.2, 0.25) is 10.0 Å². The molecule has 0 aliphatic heterocycles. The number of rotatable bonds is 1. The van der Waals surface area contributed by atoms with Crippen LogP contribution in [-0.4, -0.2) is 9.97 Å². The molecule has 2 aromatic carbocycles. The summed E-state index contributed by atoms with van der Waals surface area (Å²) in [5.74, 6) is 0.950. The van der Waals surface area contributed by atoms with Gasteiger partial charge in [-0.1, -0.05) is 41.4 Å². The van der Waals surface area contributed by atoms with E-state index in [0.717, 1.165) is 11.1 Å². The molecule has 0 saturated carbocycles. The fourth-order valence-electron chi connectivity index (χ4n) is 2.29. The first-order valence-corrected chi connectivity index (χ1v) is 7.22. The highest BCUT2D eigenvalue weighted by Gasteiger charge is 2.13. The highest BCUT2D eigenvalue weighted by Crippen LogP contribution is 2.32. The minimum absolute atomic E-state index is 0.375. The molecule has 0 aliphatic carbocycles. The number of nitrogens with zero attached hydrogens (tertiary/aromatic N) is 2. The summed E-state index contributed by atoms with van der Waals surface area (Å²) in [4.78, 5) is 8.97. The van der Waals surface area contributed by atoms with Gasteiger partial charge in [0.25, 0.3) is 0 Å². The van der Waals surface area contributed by atoms with Crippen molar-refractivity contribution in [2.75, 3.05) is 5.73 Å². The summed E-state index contributed by atoms with van der Waals surface area (Å²) >= 11 is 12.2. The van der Waals surface area contributed by atoms with Gasteiger partial charge in [0, 0.05) is 16.0 Å². The second-order valence-electron chi connectivity index (χ2n) is 4.96. The van der Waals surface area contributed by atoms with Gasteiger partial charge in [0.1, 0.15) is 5.82 Å². The second-order valence-corrected chi connectivity index (χ2v) is 5.81. The Bertz CT molecular complexity index is 860. The van der Waals surface area contributed by atoms with Crippen LogP contribution in [0.5, 0.6) is 0 Å². The Morgan fingerprint density at radius 1 is 1.05 bits per heavy atom. The lowest BCUT2D eigenvalue weighted by Crippen LogP contribution is -2.00.